The number of anilines is 1. The average Bonchev–Trinajstić information content (AvgIpc) is 2.74. The van der Waals surface area contributed by atoms with Crippen molar-refractivity contribution in [3.8, 4) is 0 Å². The maximum atomic E-state index is 5.69. The summed E-state index contributed by atoms with van der Waals surface area (Å²) in [5.41, 5.74) is 4.34. The molecule has 28 heavy (non-hydrogen) atoms. The molecule has 1 heterocycles. The highest BCUT2D eigenvalue weighted by Gasteiger charge is 2.35. The standard InChI is InChI=1S/C24H23N3S/c28-23(26-21-12-2-1-3-13-21)27-24(17-15-20-11-6-7-18-25-20)16-8-10-19-9-4-5-14-22(19)24/h1-14,18H,15-17H2,(H2,26,27,28). The van der Waals surface area contributed by atoms with Crippen molar-refractivity contribution in [3.05, 3.63) is 102 Å². The van der Waals surface area contributed by atoms with E-state index in [0.29, 0.717) is 5.11 Å². The smallest absolute Gasteiger partial charge is 0.171 e. The lowest BCUT2D eigenvalue weighted by Crippen LogP contribution is -2.48. The average molecular weight is 386 g/mol. The highest BCUT2D eigenvalue weighted by Crippen LogP contribution is 2.37. The third-order valence-corrected chi connectivity index (χ3v) is 5.36. The van der Waals surface area contributed by atoms with Crippen LogP contribution in [0.15, 0.2) is 85.1 Å². The Morgan fingerprint density at radius 2 is 1.75 bits per heavy atom. The van der Waals surface area contributed by atoms with E-state index < -0.39 is 0 Å². The zero-order chi connectivity index (χ0) is 19.2. The Balaban J connectivity index is 1.60. The monoisotopic (exact) mass is 385 g/mol. The molecule has 4 heteroatoms. The molecular weight excluding hydrogens is 362 g/mol. The van der Waals surface area contributed by atoms with Crippen molar-refractivity contribution in [2.45, 2.75) is 24.8 Å². The first kappa shape index (κ1) is 18.4. The minimum absolute atomic E-state index is 0.262. The van der Waals surface area contributed by atoms with Gasteiger partial charge >= 0.3 is 0 Å². The summed E-state index contributed by atoms with van der Waals surface area (Å²) in [6, 6.07) is 24.7. The second-order valence-electron chi connectivity index (χ2n) is 7.04. The predicted octanol–water partition coefficient (Wildman–Crippen LogP) is 5.31. The molecule has 0 amide bonds. The third-order valence-electron chi connectivity index (χ3n) is 5.16. The van der Waals surface area contributed by atoms with E-state index in [2.05, 4.69) is 58.1 Å². The number of para-hydroxylation sites is 1. The molecule has 1 aliphatic rings. The highest BCUT2D eigenvalue weighted by molar-refractivity contribution is 7.80. The maximum Gasteiger partial charge on any atom is 0.171 e. The zero-order valence-electron chi connectivity index (χ0n) is 15.6. The van der Waals surface area contributed by atoms with Crippen LogP contribution in [-0.4, -0.2) is 10.1 Å². The Morgan fingerprint density at radius 1 is 0.964 bits per heavy atom. The Bertz CT molecular complexity index is 969. The van der Waals surface area contributed by atoms with Crippen molar-refractivity contribution < 1.29 is 0 Å². The fourth-order valence-electron chi connectivity index (χ4n) is 3.78. The number of rotatable bonds is 5. The Hall–Kier alpha value is -2.98. The van der Waals surface area contributed by atoms with Crippen molar-refractivity contribution in [2.24, 2.45) is 0 Å². The van der Waals surface area contributed by atoms with Gasteiger partial charge in [-0.1, -0.05) is 60.7 Å². The van der Waals surface area contributed by atoms with Crippen LogP contribution in [-0.2, 0) is 12.0 Å². The molecule has 2 aromatic carbocycles. The number of aromatic nitrogens is 1. The number of nitrogens with zero attached hydrogens (tertiary/aromatic N) is 1. The fourth-order valence-corrected chi connectivity index (χ4v) is 4.09. The van der Waals surface area contributed by atoms with Crippen molar-refractivity contribution in [2.75, 3.05) is 5.32 Å². The van der Waals surface area contributed by atoms with Gasteiger partial charge in [0.2, 0.25) is 0 Å². The van der Waals surface area contributed by atoms with Gasteiger partial charge in [-0.2, -0.15) is 0 Å². The minimum Gasteiger partial charge on any atom is -0.353 e. The summed E-state index contributed by atoms with van der Waals surface area (Å²) in [6.07, 6.45) is 8.95. The van der Waals surface area contributed by atoms with Gasteiger partial charge < -0.3 is 10.6 Å². The lowest BCUT2D eigenvalue weighted by molar-refractivity contribution is 0.363. The number of hydrogen-bond acceptors (Lipinski definition) is 2. The van der Waals surface area contributed by atoms with Crippen molar-refractivity contribution in [1.29, 1.82) is 0 Å². The number of fused-ring (bicyclic) bond motifs is 1. The Morgan fingerprint density at radius 3 is 2.57 bits per heavy atom. The normalized spacial score (nSPS) is 17.6. The van der Waals surface area contributed by atoms with Crippen LogP contribution < -0.4 is 10.6 Å². The van der Waals surface area contributed by atoms with E-state index in [1.165, 1.54) is 11.1 Å². The van der Waals surface area contributed by atoms with Gasteiger partial charge in [-0.15, -0.1) is 0 Å². The molecule has 0 aliphatic heterocycles. The second-order valence-corrected chi connectivity index (χ2v) is 7.45. The van der Waals surface area contributed by atoms with E-state index >= 15 is 0 Å². The van der Waals surface area contributed by atoms with E-state index in [9.17, 15) is 0 Å². The first-order chi connectivity index (χ1) is 13.8. The van der Waals surface area contributed by atoms with Gasteiger partial charge in [0.15, 0.2) is 5.11 Å². The summed E-state index contributed by atoms with van der Waals surface area (Å²) in [5.74, 6) is 0. The van der Waals surface area contributed by atoms with Gasteiger partial charge in [-0.3, -0.25) is 4.98 Å². The molecule has 4 rings (SSSR count). The van der Waals surface area contributed by atoms with E-state index in [4.69, 9.17) is 12.2 Å². The van der Waals surface area contributed by atoms with Gasteiger partial charge in [-0.05, 0) is 66.9 Å². The van der Waals surface area contributed by atoms with E-state index in [1.54, 1.807) is 0 Å². The molecule has 0 saturated carbocycles. The molecule has 0 saturated heterocycles. The second kappa shape index (κ2) is 8.36. The quantitative estimate of drug-likeness (QED) is 0.584. The SMILES string of the molecule is S=C(Nc1ccccc1)NC1(CCc2ccccn2)CC=Cc2ccccc21. The van der Waals surface area contributed by atoms with Gasteiger partial charge in [0.05, 0.1) is 5.54 Å². The summed E-state index contributed by atoms with van der Waals surface area (Å²) >= 11 is 5.69. The van der Waals surface area contributed by atoms with Crippen LogP contribution in [0.4, 0.5) is 5.69 Å². The Kier molecular flexibility index (Phi) is 5.49. The van der Waals surface area contributed by atoms with Crippen LogP contribution in [0.1, 0.15) is 29.7 Å². The number of hydrogen-bond donors (Lipinski definition) is 2. The minimum atomic E-state index is -0.262. The molecule has 1 atom stereocenters. The van der Waals surface area contributed by atoms with Crippen molar-refractivity contribution in [3.63, 3.8) is 0 Å². The van der Waals surface area contributed by atoms with Crippen molar-refractivity contribution in [1.82, 2.24) is 10.3 Å². The number of thiocarbonyl (C=S) groups is 1. The number of pyridine rings is 1. The summed E-state index contributed by atoms with van der Waals surface area (Å²) in [6.45, 7) is 0. The van der Waals surface area contributed by atoms with Crippen LogP contribution in [0.2, 0.25) is 0 Å². The highest BCUT2D eigenvalue weighted by atomic mass is 32.1. The molecule has 1 aromatic heterocycles. The topological polar surface area (TPSA) is 37.0 Å². The molecule has 3 nitrogen and oxygen atoms in total. The summed E-state index contributed by atoms with van der Waals surface area (Å²) in [5, 5.41) is 7.61. The van der Waals surface area contributed by atoms with Crippen LogP contribution in [0.5, 0.6) is 0 Å². The number of aryl methyl sites for hydroxylation is 1. The van der Waals surface area contributed by atoms with E-state index in [1.807, 2.05) is 48.7 Å². The maximum absolute atomic E-state index is 5.69. The largest absolute Gasteiger partial charge is 0.353 e. The van der Waals surface area contributed by atoms with Gasteiger partial charge in [-0.25, -0.2) is 0 Å². The predicted molar refractivity (Wildman–Crippen MR) is 120 cm³/mol. The molecule has 0 fully saturated rings. The van der Waals surface area contributed by atoms with Crippen molar-refractivity contribution >= 4 is 29.1 Å². The Labute approximate surface area is 171 Å². The number of nitrogens with one attached hydrogen (secondary N) is 2. The summed E-state index contributed by atoms with van der Waals surface area (Å²) < 4.78 is 0. The third kappa shape index (κ3) is 4.12. The first-order valence-corrected chi connectivity index (χ1v) is 9.96. The molecule has 140 valence electrons. The molecule has 3 aromatic rings. The molecule has 1 aliphatic carbocycles. The van der Waals surface area contributed by atoms with E-state index in [-0.39, 0.29) is 5.54 Å². The number of benzene rings is 2. The molecule has 0 spiro atoms. The zero-order valence-corrected chi connectivity index (χ0v) is 16.5. The van der Waals surface area contributed by atoms with Crippen LogP contribution in [0.3, 0.4) is 0 Å². The molecular formula is C24H23N3S. The lowest BCUT2D eigenvalue weighted by atomic mass is 9.76. The van der Waals surface area contributed by atoms with Gasteiger partial charge in [0.25, 0.3) is 0 Å². The fraction of sp³-hybridized carbons (Fsp3) is 0.167. The van der Waals surface area contributed by atoms with Gasteiger partial charge in [0.1, 0.15) is 0 Å². The van der Waals surface area contributed by atoms with E-state index in [0.717, 1.165) is 30.6 Å². The van der Waals surface area contributed by atoms with Crippen LogP contribution in [0, 0.1) is 0 Å². The summed E-state index contributed by atoms with van der Waals surface area (Å²) in [7, 11) is 0. The molecule has 0 bridgehead atoms. The summed E-state index contributed by atoms with van der Waals surface area (Å²) in [4.78, 5) is 4.50. The molecule has 0 radical (unpaired) electrons. The molecule has 1 unspecified atom stereocenters. The van der Waals surface area contributed by atoms with Gasteiger partial charge in [0, 0.05) is 17.6 Å². The van der Waals surface area contributed by atoms with Crippen LogP contribution >= 0.6 is 12.2 Å². The first-order valence-electron chi connectivity index (χ1n) is 9.55. The molecule has 2 N–H and O–H groups in total. The lowest BCUT2D eigenvalue weighted by Gasteiger charge is -2.39. The van der Waals surface area contributed by atoms with Crippen LogP contribution in [0.25, 0.3) is 6.08 Å².